The lowest BCUT2D eigenvalue weighted by molar-refractivity contribution is -0.147. The molecule has 1 aromatic heterocycles. The third kappa shape index (κ3) is 3.35. The molecular weight excluding hydrogens is 254 g/mol. The van der Waals surface area contributed by atoms with Crippen molar-refractivity contribution in [3.8, 4) is 0 Å². The number of hydrogen-bond donors (Lipinski definition) is 1. The largest absolute Gasteiger partial charge is 0.342 e. The van der Waals surface area contributed by atoms with Crippen molar-refractivity contribution in [2.24, 2.45) is 5.41 Å². The van der Waals surface area contributed by atoms with Crippen LogP contribution in [0, 0.1) is 5.41 Å². The van der Waals surface area contributed by atoms with Crippen LogP contribution in [-0.2, 0) is 16.0 Å². The van der Waals surface area contributed by atoms with Crippen molar-refractivity contribution in [1.82, 2.24) is 15.2 Å². The van der Waals surface area contributed by atoms with Crippen molar-refractivity contribution in [3.63, 3.8) is 0 Å². The summed E-state index contributed by atoms with van der Waals surface area (Å²) in [5.41, 5.74) is 0.648. The third-order valence-electron chi connectivity index (χ3n) is 3.43. The maximum atomic E-state index is 12.4. The highest BCUT2D eigenvalue weighted by Crippen LogP contribution is 2.23. The van der Waals surface area contributed by atoms with Gasteiger partial charge in [-0.25, -0.2) is 0 Å². The molecule has 2 amide bonds. The highest BCUT2D eigenvalue weighted by atomic mass is 16.2. The second-order valence-corrected chi connectivity index (χ2v) is 6.20. The van der Waals surface area contributed by atoms with E-state index in [2.05, 4.69) is 10.3 Å². The van der Waals surface area contributed by atoms with E-state index in [4.69, 9.17) is 0 Å². The lowest BCUT2D eigenvalue weighted by atomic mass is 9.84. The van der Waals surface area contributed by atoms with Crippen LogP contribution in [0.15, 0.2) is 24.4 Å². The first kappa shape index (κ1) is 14.5. The molecule has 1 aliphatic heterocycles. The van der Waals surface area contributed by atoms with Crippen LogP contribution in [0.25, 0.3) is 0 Å². The van der Waals surface area contributed by atoms with E-state index in [0.29, 0.717) is 13.0 Å². The van der Waals surface area contributed by atoms with Crippen molar-refractivity contribution < 1.29 is 9.59 Å². The Labute approximate surface area is 119 Å². The van der Waals surface area contributed by atoms with Crippen molar-refractivity contribution >= 4 is 11.8 Å². The maximum Gasteiger partial charge on any atom is 0.246 e. The minimum atomic E-state index is -0.451. The average Bonchev–Trinajstić information content (AvgIpc) is 2.39. The van der Waals surface area contributed by atoms with Gasteiger partial charge in [-0.05, 0) is 17.5 Å². The lowest BCUT2D eigenvalue weighted by Gasteiger charge is -2.38. The number of nitrogens with zero attached hydrogens (tertiary/aromatic N) is 2. The molecule has 5 nitrogen and oxygen atoms in total. The van der Waals surface area contributed by atoms with Crippen molar-refractivity contribution in [2.45, 2.75) is 33.2 Å². The van der Waals surface area contributed by atoms with Gasteiger partial charge < -0.3 is 10.2 Å². The van der Waals surface area contributed by atoms with Crippen molar-refractivity contribution in [3.05, 3.63) is 30.1 Å². The van der Waals surface area contributed by atoms with Gasteiger partial charge in [0.1, 0.15) is 6.04 Å². The number of amides is 2. The summed E-state index contributed by atoms with van der Waals surface area (Å²) in [4.78, 5) is 30.1. The molecule has 1 fully saturated rings. The minimum absolute atomic E-state index is 0.00645. The van der Waals surface area contributed by atoms with E-state index in [0.717, 1.165) is 5.69 Å². The number of nitrogens with one attached hydrogen (secondary N) is 1. The van der Waals surface area contributed by atoms with E-state index in [1.807, 2.05) is 39.0 Å². The molecule has 1 atom stereocenters. The lowest BCUT2D eigenvalue weighted by Crippen LogP contribution is -2.62. The smallest absolute Gasteiger partial charge is 0.246 e. The summed E-state index contributed by atoms with van der Waals surface area (Å²) in [6, 6.07) is 5.26. The summed E-state index contributed by atoms with van der Waals surface area (Å²) in [5, 5.41) is 2.79. The van der Waals surface area contributed by atoms with E-state index in [1.54, 1.807) is 11.1 Å². The number of aromatic nitrogens is 1. The number of pyridine rings is 1. The van der Waals surface area contributed by atoms with Crippen LogP contribution in [0.3, 0.4) is 0 Å². The SMILES string of the molecule is CC(C)(C)C1NC(=O)CN(CCc2ccccn2)C1=O. The molecular formula is C15H21N3O2. The molecule has 0 radical (unpaired) electrons. The fraction of sp³-hybridized carbons (Fsp3) is 0.533. The van der Waals surface area contributed by atoms with Gasteiger partial charge in [-0.15, -0.1) is 0 Å². The van der Waals surface area contributed by atoms with E-state index in [-0.39, 0.29) is 23.8 Å². The third-order valence-corrected chi connectivity index (χ3v) is 3.43. The van der Waals surface area contributed by atoms with Gasteiger partial charge in [0.2, 0.25) is 11.8 Å². The fourth-order valence-corrected chi connectivity index (χ4v) is 2.27. The molecule has 1 aromatic rings. The normalized spacial score (nSPS) is 19.9. The van der Waals surface area contributed by atoms with Gasteiger partial charge in [0.15, 0.2) is 0 Å². The second kappa shape index (κ2) is 5.61. The Hall–Kier alpha value is -1.91. The van der Waals surface area contributed by atoms with E-state index in [9.17, 15) is 9.59 Å². The first-order chi connectivity index (χ1) is 9.38. The summed E-state index contributed by atoms with van der Waals surface area (Å²) in [6.07, 6.45) is 2.40. The Bertz CT molecular complexity index is 494. The van der Waals surface area contributed by atoms with Crippen LogP contribution < -0.4 is 5.32 Å². The Morgan fingerprint density at radius 3 is 2.70 bits per heavy atom. The van der Waals surface area contributed by atoms with E-state index in [1.165, 1.54) is 0 Å². The molecule has 0 saturated carbocycles. The maximum absolute atomic E-state index is 12.4. The van der Waals surface area contributed by atoms with Gasteiger partial charge in [0.05, 0.1) is 6.54 Å². The quantitative estimate of drug-likeness (QED) is 0.895. The molecule has 1 N–H and O–H groups in total. The summed E-state index contributed by atoms with van der Waals surface area (Å²) >= 11 is 0. The number of piperazine rings is 1. The monoisotopic (exact) mass is 275 g/mol. The first-order valence-corrected chi connectivity index (χ1v) is 6.86. The standard InChI is InChI=1S/C15H21N3O2/c1-15(2,3)13-14(20)18(10-12(19)17-13)9-7-11-6-4-5-8-16-11/h4-6,8,13H,7,9-10H2,1-3H3,(H,17,19). The average molecular weight is 275 g/mol. The van der Waals surface area contributed by atoms with E-state index < -0.39 is 6.04 Å². The zero-order chi connectivity index (χ0) is 14.8. The molecule has 2 heterocycles. The highest BCUT2D eigenvalue weighted by Gasteiger charge is 2.39. The Morgan fingerprint density at radius 1 is 1.35 bits per heavy atom. The molecule has 20 heavy (non-hydrogen) atoms. The molecule has 1 saturated heterocycles. The summed E-state index contributed by atoms with van der Waals surface area (Å²) in [5.74, 6) is -0.0985. The molecule has 0 bridgehead atoms. The Morgan fingerprint density at radius 2 is 2.10 bits per heavy atom. The second-order valence-electron chi connectivity index (χ2n) is 6.20. The van der Waals surface area contributed by atoms with Crippen LogP contribution in [0.1, 0.15) is 26.5 Å². The highest BCUT2D eigenvalue weighted by molar-refractivity contribution is 5.95. The van der Waals surface area contributed by atoms with Crippen molar-refractivity contribution in [2.75, 3.05) is 13.1 Å². The van der Waals surface area contributed by atoms with Gasteiger partial charge >= 0.3 is 0 Å². The van der Waals surface area contributed by atoms with Crippen LogP contribution in [0.4, 0.5) is 0 Å². The minimum Gasteiger partial charge on any atom is -0.342 e. The van der Waals surface area contributed by atoms with Crippen LogP contribution in [0.2, 0.25) is 0 Å². The molecule has 0 spiro atoms. The summed E-state index contributed by atoms with van der Waals surface area (Å²) < 4.78 is 0. The zero-order valence-electron chi connectivity index (χ0n) is 12.2. The number of carbonyl (C=O) groups excluding carboxylic acids is 2. The van der Waals surface area contributed by atoms with Gasteiger partial charge in [-0.3, -0.25) is 14.6 Å². The van der Waals surface area contributed by atoms with Gasteiger partial charge in [-0.1, -0.05) is 26.8 Å². The molecule has 108 valence electrons. The predicted molar refractivity (Wildman–Crippen MR) is 75.9 cm³/mol. The van der Waals surface area contributed by atoms with Gasteiger partial charge in [-0.2, -0.15) is 0 Å². The molecule has 0 aliphatic carbocycles. The number of rotatable bonds is 3. The number of carbonyl (C=O) groups is 2. The summed E-state index contributed by atoms with van der Waals surface area (Å²) in [7, 11) is 0. The van der Waals surface area contributed by atoms with Crippen LogP contribution >= 0.6 is 0 Å². The van der Waals surface area contributed by atoms with Gasteiger partial charge in [0.25, 0.3) is 0 Å². The molecule has 2 rings (SSSR count). The predicted octanol–water partition coefficient (Wildman–Crippen LogP) is 0.997. The zero-order valence-corrected chi connectivity index (χ0v) is 12.2. The van der Waals surface area contributed by atoms with Gasteiger partial charge in [0, 0.05) is 24.9 Å². The summed E-state index contributed by atoms with van der Waals surface area (Å²) in [6.45, 7) is 6.53. The van der Waals surface area contributed by atoms with Crippen molar-refractivity contribution in [1.29, 1.82) is 0 Å². The first-order valence-electron chi connectivity index (χ1n) is 6.86. The number of hydrogen-bond acceptors (Lipinski definition) is 3. The Balaban J connectivity index is 2.03. The van der Waals surface area contributed by atoms with E-state index >= 15 is 0 Å². The molecule has 5 heteroatoms. The fourth-order valence-electron chi connectivity index (χ4n) is 2.27. The molecule has 0 aromatic carbocycles. The molecule has 1 aliphatic rings. The molecule has 1 unspecified atom stereocenters. The Kier molecular flexibility index (Phi) is 4.06. The van der Waals surface area contributed by atoms with Crippen LogP contribution in [-0.4, -0.2) is 40.8 Å². The van der Waals surface area contributed by atoms with Crippen LogP contribution in [0.5, 0.6) is 0 Å². The topological polar surface area (TPSA) is 62.3 Å².